The second-order valence-electron chi connectivity index (χ2n) is 6.69. The van der Waals surface area contributed by atoms with Gasteiger partial charge in [0, 0.05) is 17.3 Å². The number of hydrogen-bond acceptors (Lipinski definition) is 4. The Bertz CT molecular complexity index is 898. The monoisotopic (exact) mass is 354 g/mol. The molecular formula is C19H22N4OS. The Morgan fingerprint density at radius 2 is 2.36 bits per heavy atom. The van der Waals surface area contributed by atoms with Crippen molar-refractivity contribution in [1.29, 1.82) is 0 Å². The van der Waals surface area contributed by atoms with Crippen molar-refractivity contribution in [3.05, 3.63) is 51.9 Å². The molecule has 1 aliphatic carbocycles. The van der Waals surface area contributed by atoms with E-state index in [9.17, 15) is 4.79 Å². The highest BCUT2D eigenvalue weighted by molar-refractivity contribution is 7.14. The highest BCUT2D eigenvalue weighted by Crippen LogP contribution is 2.34. The van der Waals surface area contributed by atoms with Crippen molar-refractivity contribution in [3.63, 3.8) is 0 Å². The summed E-state index contributed by atoms with van der Waals surface area (Å²) in [4.78, 5) is 23.1. The average Bonchev–Trinajstić information content (AvgIpc) is 3.23. The molecule has 0 spiro atoms. The fraction of sp³-hybridized carbons (Fsp3) is 0.421. The first-order valence-corrected chi connectivity index (χ1v) is 9.72. The van der Waals surface area contributed by atoms with Crippen LogP contribution in [0.2, 0.25) is 0 Å². The maximum Gasteiger partial charge on any atom is 0.261 e. The van der Waals surface area contributed by atoms with E-state index < -0.39 is 0 Å². The summed E-state index contributed by atoms with van der Waals surface area (Å²) in [6.07, 6.45) is 13.1. The second-order valence-corrected chi connectivity index (χ2v) is 7.83. The van der Waals surface area contributed by atoms with Gasteiger partial charge in [0.25, 0.3) is 5.91 Å². The number of thiophene rings is 1. The largest absolute Gasteiger partial charge is 0.346 e. The zero-order valence-corrected chi connectivity index (χ0v) is 15.2. The highest BCUT2D eigenvalue weighted by Gasteiger charge is 2.22. The van der Waals surface area contributed by atoms with Crippen molar-refractivity contribution in [2.24, 2.45) is 5.92 Å². The van der Waals surface area contributed by atoms with Crippen LogP contribution in [0, 0.1) is 5.92 Å². The molecule has 3 aromatic rings. The molecule has 6 heteroatoms. The Labute approximate surface area is 151 Å². The van der Waals surface area contributed by atoms with Crippen LogP contribution in [0.4, 0.5) is 0 Å². The zero-order valence-electron chi connectivity index (χ0n) is 14.4. The Morgan fingerprint density at radius 3 is 3.24 bits per heavy atom. The van der Waals surface area contributed by atoms with Gasteiger partial charge < -0.3 is 5.32 Å². The Balaban J connectivity index is 1.44. The smallest absolute Gasteiger partial charge is 0.261 e. The molecule has 4 rings (SSSR count). The van der Waals surface area contributed by atoms with Crippen molar-refractivity contribution >= 4 is 22.9 Å². The van der Waals surface area contributed by atoms with Crippen molar-refractivity contribution in [2.75, 3.05) is 0 Å². The zero-order chi connectivity index (χ0) is 17.2. The summed E-state index contributed by atoms with van der Waals surface area (Å²) >= 11 is 1.66. The lowest BCUT2D eigenvalue weighted by molar-refractivity contribution is 0.0954. The summed E-state index contributed by atoms with van der Waals surface area (Å²) in [5.41, 5.74) is 3.14. The van der Waals surface area contributed by atoms with E-state index in [2.05, 4.69) is 28.3 Å². The van der Waals surface area contributed by atoms with E-state index >= 15 is 0 Å². The van der Waals surface area contributed by atoms with Crippen LogP contribution in [0.3, 0.4) is 0 Å². The van der Waals surface area contributed by atoms with Gasteiger partial charge in [0.2, 0.25) is 0 Å². The molecule has 0 aliphatic heterocycles. The molecule has 1 atom stereocenters. The van der Waals surface area contributed by atoms with Crippen molar-refractivity contribution in [2.45, 2.75) is 45.6 Å². The molecule has 25 heavy (non-hydrogen) atoms. The lowest BCUT2D eigenvalue weighted by atomic mass is 9.85. The van der Waals surface area contributed by atoms with Gasteiger partial charge in [-0.3, -0.25) is 14.2 Å². The molecule has 1 aliphatic rings. The number of imidazole rings is 1. The van der Waals surface area contributed by atoms with Gasteiger partial charge in [-0.25, -0.2) is 4.98 Å². The van der Waals surface area contributed by atoms with E-state index in [0.717, 1.165) is 35.0 Å². The standard InChI is InChI=1S/C19H22N4OS/c1-2-3-13-4-5-16-14(8-13)9-17(25-16)19(24)22-11-15-10-21-18-12-20-6-7-23(15)18/h6-7,9-10,12-13H,2-5,8,11H2,1H3,(H,22,24)/t13-/m0/s1. The fourth-order valence-corrected chi connectivity index (χ4v) is 4.77. The molecule has 0 bridgehead atoms. The number of aromatic nitrogens is 3. The van der Waals surface area contributed by atoms with E-state index in [1.165, 1.54) is 29.7 Å². The number of amides is 1. The minimum Gasteiger partial charge on any atom is -0.346 e. The molecule has 3 aromatic heterocycles. The molecule has 0 saturated carbocycles. The van der Waals surface area contributed by atoms with E-state index in [-0.39, 0.29) is 5.91 Å². The number of rotatable bonds is 5. The molecule has 0 aromatic carbocycles. The van der Waals surface area contributed by atoms with Gasteiger partial charge in [0.1, 0.15) is 0 Å². The predicted octanol–water partition coefficient (Wildman–Crippen LogP) is 3.63. The lowest BCUT2D eigenvalue weighted by Gasteiger charge is -2.21. The number of hydrogen-bond donors (Lipinski definition) is 1. The molecule has 1 amide bonds. The first-order chi connectivity index (χ1) is 12.2. The van der Waals surface area contributed by atoms with Crippen LogP contribution < -0.4 is 5.32 Å². The quantitative estimate of drug-likeness (QED) is 0.761. The third kappa shape index (κ3) is 3.31. The average molecular weight is 354 g/mol. The van der Waals surface area contributed by atoms with E-state index in [4.69, 9.17) is 0 Å². The summed E-state index contributed by atoms with van der Waals surface area (Å²) in [5.74, 6) is 0.797. The van der Waals surface area contributed by atoms with Crippen LogP contribution >= 0.6 is 11.3 Å². The van der Waals surface area contributed by atoms with Crippen LogP contribution in [-0.4, -0.2) is 20.3 Å². The number of carbonyl (C=O) groups excluding carboxylic acids is 1. The first kappa shape index (κ1) is 16.3. The maximum absolute atomic E-state index is 12.6. The predicted molar refractivity (Wildman–Crippen MR) is 98.9 cm³/mol. The maximum atomic E-state index is 12.6. The minimum absolute atomic E-state index is 0.00967. The number of nitrogens with one attached hydrogen (secondary N) is 1. The number of aryl methyl sites for hydroxylation is 1. The van der Waals surface area contributed by atoms with Crippen molar-refractivity contribution in [1.82, 2.24) is 19.7 Å². The van der Waals surface area contributed by atoms with E-state index in [0.29, 0.717) is 6.54 Å². The normalized spacial score (nSPS) is 16.8. The van der Waals surface area contributed by atoms with Gasteiger partial charge in [0.15, 0.2) is 5.65 Å². The van der Waals surface area contributed by atoms with E-state index in [1.54, 1.807) is 29.9 Å². The Morgan fingerprint density at radius 1 is 1.44 bits per heavy atom. The number of nitrogens with zero attached hydrogens (tertiary/aromatic N) is 3. The molecule has 1 N–H and O–H groups in total. The van der Waals surface area contributed by atoms with E-state index in [1.807, 2.05) is 10.6 Å². The topological polar surface area (TPSA) is 59.3 Å². The Hall–Kier alpha value is -2.21. The summed E-state index contributed by atoms with van der Waals surface area (Å²) in [5, 5.41) is 3.03. The van der Waals surface area contributed by atoms with Crippen molar-refractivity contribution < 1.29 is 4.79 Å². The third-order valence-electron chi connectivity index (χ3n) is 4.93. The molecule has 5 nitrogen and oxygen atoms in total. The fourth-order valence-electron chi connectivity index (χ4n) is 3.65. The van der Waals surface area contributed by atoms with Gasteiger partial charge in [-0.05, 0) is 36.8 Å². The van der Waals surface area contributed by atoms with Gasteiger partial charge in [-0.2, -0.15) is 0 Å². The van der Waals surface area contributed by atoms with Gasteiger partial charge in [-0.1, -0.05) is 19.8 Å². The van der Waals surface area contributed by atoms with Crippen LogP contribution in [0.15, 0.2) is 30.9 Å². The lowest BCUT2D eigenvalue weighted by Crippen LogP contribution is -2.22. The molecule has 0 fully saturated rings. The SMILES string of the molecule is CCC[C@H]1CCc2sc(C(=O)NCc3cnc4cnccn34)cc2C1. The molecular weight excluding hydrogens is 332 g/mol. The molecule has 0 radical (unpaired) electrons. The summed E-state index contributed by atoms with van der Waals surface area (Å²) < 4.78 is 1.95. The van der Waals surface area contributed by atoms with Gasteiger partial charge in [-0.15, -0.1) is 11.3 Å². The van der Waals surface area contributed by atoms with Gasteiger partial charge >= 0.3 is 0 Å². The second kappa shape index (κ2) is 6.96. The third-order valence-corrected chi connectivity index (χ3v) is 6.17. The van der Waals surface area contributed by atoms with Crippen LogP contribution in [0.25, 0.3) is 5.65 Å². The minimum atomic E-state index is 0.00967. The molecule has 0 unspecified atom stereocenters. The molecule has 3 heterocycles. The molecule has 0 saturated heterocycles. The highest BCUT2D eigenvalue weighted by atomic mass is 32.1. The first-order valence-electron chi connectivity index (χ1n) is 8.90. The summed E-state index contributed by atoms with van der Waals surface area (Å²) in [6, 6.07) is 2.11. The number of carbonyl (C=O) groups is 1. The molecule has 130 valence electrons. The van der Waals surface area contributed by atoms with Crippen LogP contribution in [0.5, 0.6) is 0 Å². The summed E-state index contributed by atoms with van der Waals surface area (Å²) in [6.45, 7) is 2.71. The Kier molecular flexibility index (Phi) is 4.53. The van der Waals surface area contributed by atoms with Crippen LogP contribution in [-0.2, 0) is 19.4 Å². The van der Waals surface area contributed by atoms with Crippen LogP contribution in [0.1, 0.15) is 52.0 Å². The number of fused-ring (bicyclic) bond motifs is 2. The van der Waals surface area contributed by atoms with Crippen molar-refractivity contribution in [3.8, 4) is 0 Å². The van der Waals surface area contributed by atoms with Gasteiger partial charge in [0.05, 0.1) is 29.5 Å². The summed E-state index contributed by atoms with van der Waals surface area (Å²) in [7, 11) is 0.